The maximum Gasteiger partial charge on any atom is 0.102 e. The van der Waals surface area contributed by atoms with Gasteiger partial charge in [0.1, 0.15) is 6.07 Å². The molecule has 1 unspecified atom stereocenters. The number of nitriles is 1. The summed E-state index contributed by atoms with van der Waals surface area (Å²) in [6.45, 7) is 3.60. The second-order valence-corrected chi connectivity index (χ2v) is 5.82. The molecule has 3 saturated heterocycles. The maximum atomic E-state index is 9.52. The summed E-state index contributed by atoms with van der Waals surface area (Å²) in [6, 6.07) is 10.6. The smallest absolute Gasteiger partial charge is 0.102 e. The van der Waals surface area contributed by atoms with E-state index in [0.29, 0.717) is 5.92 Å². The molecule has 3 aliphatic heterocycles. The Labute approximate surface area is 112 Å². The van der Waals surface area contributed by atoms with Crippen LogP contribution in [0.25, 0.3) is 10.9 Å². The van der Waals surface area contributed by atoms with Crippen LogP contribution in [0.15, 0.2) is 24.3 Å². The lowest BCUT2D eigenvalue weighted by Gasteiger charge is -2.44. The number of para-hydroxylation sites is 1. The number of aromatic nitrogens is 1. The van der Waals surface area contributed by atoms with Crippen molar-refractivity contribution in [2.75, 3.05) is 19.6 Å². The summed E-state index contributed by atoms with van der Waals surface area (Å²) in [5.41, 5.74) is 3.15. The number of hydrogen-bond donors (Lipinski definition) is 1. The van der Waals surface area contributed by atoms with Crippen molar-refractivity contribution < 1.29 is 0 Å². The van der Waals surface area contributed by atoms with Crippen LogP contribution in [0.5, 0.6) is 0 Å². The number of piperidine rings is 3. The molecule has 4 heterocycles. The van der Waals surface area contributed by atoms with Crippen molar-refractivity contribution in [2.45, 2.75) is 18.8 Å². The van der Waals surface area contributed by atoms with E-state index in [-0.39, 0.29) is 0 Å². The van der Waals surface area contributed by atoms with Crippen molar-refractivity contribution in [3.63, 3.8) is 0 Å². The van der Waals surface area contributed by atoms with Crippen LogP contribution in [0.4, 0.5) is 0 Å². The Morgan fingerprint density at radius 3 is 2.68 bits per heavy atom. The van der Waals surface area contributed by atoms with Gasteiger partial charge >= 0.3 is 0 Å². The summed E-state index contributed by atoms with van der Waals surface area (Å²) in [5, 5.41) is 10.6. The number of nitrogens with zero attached hydrogens (tertiary/aromatic N) is 2. The largest absolute Gasteiger partial charge is 0.357 e. The minimum absolute atomic E-state index is 0.518. The van der Waals surface area contributed by atoms with Crippen molar-refractivity contribution in [1.82, 2.24) is 9.88 Å². The highest BCUT2D eigenvalue weighted by molar-refractivity contribution is 5.87. The number of nitrogens with one attached hydrogen (secondary N) is 1. The average molecular weight is 251 g/mol. The Hall–Kier alpha value is -1.79. The Bertz CT molecular complexity index is 656. The summed E-state index contributed by atoms with van der Waals surface area (Å²) in [5.74, 6) is 1.27. The minimum Gasteiger partial charge on any atom is -0.357 e. The fourth-order valence-corrected chi connectivity index (χ4v) is 3.85. The molecule has 0 aliphatic carbocycles. The Morgan fingerprint density at radius 2 is 2.00 bits per heavy atom. The second kappa shape index (κ2) is 4.11. The molecule has 0 radical (unpaired) electrons. The van der Waals surface area contributed by atoms with E-state index in [0.717, 1.165) is 28.9 Å². The summed E-state index contributed by atoms with van der Waals surface area (Å²) in [6.07, 6.45) is 2.57. The minimum atomic E-state index is 0.518. The highest BCUT2D eigenvalue weighted by atomic mass is 15.1. The van der Waals surface area contributed by atoms with Gasteiger partial charge in [-0.15, -0.1) is 0 Å². The molecule has 1 N–H and O–H groups in total. The number of fused-ring (bicyclic) bond motifs is 4. The predicted molar refractivity (Wildman–Crippen MR) is 74.9 cm³/mol. The Morgan fingerprint density at radius 1 is 1.21 bits per heavy atom. The molecule has 0 saturated carbocycles. The van der Waals surface area contributed by atoms with Crippen LogP contribution in [0.1, 0.15) is 30.0 Å². The third kappa shape index (κ3) is 1.60. The highest BCUT2D eigenvalue weighted by Gasteiger charge is 2.37. The van der Waals surface area contributed by atoms with E-state index < -0.39 is 0 Å². The van der Waals surface area contributed by atoms with E-state index in [1.165, 1.54) is 31.6 Å². The summed E-state index contributed by atoms with van der Waals surface area (Å²) >= 11 is 0. The van der Waals surface area contributed by atoms with E-state index in [2.05, 4.69) is 28.1 Å². The lowest BCUT2D eigenvalue weighted by molar-refractivity contribution is 0.0856. The van der Waals surface area contributed by atoms with E-state index >= 15 is 0 Å². The van der Waals surface area contributed by atoms with Crippen molar-refractivity contribution >= 4 is 10.9 Å². The molecule has 1 aromatic heterocycles. The van der Waals surface area contributed by atoms with E-state index in [1.54, 1.807) is 0 Å². The van der Waals surface area contributed by atoms with E-state index in [1.807, 2.05) is 12.1 Å². The number of rotatable bonds is 1. The summed E-state index contributed by atoms with van der Waals surface area (Å²) in [4.78, 5) is 6.06. The van der Waals surface area contributed by atoms with Crippen molar-refractivity contribution in [3.05, 3.63) is 35.5 Å². The first-order valence-corrected chi connectivity index (χ1v) is 7.10. The molecular weight excluding hydrogens is 234 g/mol. The molecule has 2 bridgehead atoms. The van der Waals surface area contributed by atoms with E-state index in [9.17, 15) is 5.26 Å². The van der Waals surface area contributed by atoms with Gasteiger partial charge in [-0.25, -0.2) is 0 Å². The number of H-pyrrole nitrogens is 1. The van der Waals surface area contributed by atoms with Crippen molar-refractivity contribution in [1.29, 1.82) is 5.26 Å². The van der Waals surface area contributed by atoms with Crippen molar-refractivity contribution in [2.24, 2.45) is 5.92 Å². The zero-order chi connectivity index (χ0) is 12.8. The van der Waals surface area contributed by atoms with Crippen LogP contribution in [0.2, 0.25) is 0 Å². The predicted octanol–water partition coefficient (Wildman–Crippen LogP) is 2.85. The first-order valence-electron chi connectivity index (χ1n) is 7.10. The van der Waals surface area contributed by atoms with Crippen LogP contribution in [-0.4, -0.2) is 29.5 Å². The summed E-state index contributed by atoms with van der Waals surface area (Å²) in [7, 11) is 0. The van der Waals surface area contributed by atoms with Crippen LogP contribution in [-0.2, 0) is 0 Å². The van der Waals surface area contributed by atoms with Gasteiger partial charge in [0.2, 0.25) is 0 Å². The van der Waals surface area contributed by atoms with Gasteiger partial charge in [0.05, 0.1) is 5.56 Å². The Kier molecular flexibility index (Phi) is 2.39. The zero-order valence-electron chi connectivity index (χ0n) is 10.9. The molecule has 2 aromatic rings. The average Bonchev–Trinajstić information content (AvgIpc) is 2.86. The zero-order valence-corrected chi connectivity index (χ0v) is 10.9. The monoisotopic (exact) mass is 251 g/mol. The van der Waals surface area contributed by atoms with Crippen LogP contribution < -0.4 is 0 Å². The number of benzene rings is 1. The fraction of sp³-hybridized carbons (Fsp3) is 0.438. The van der Waals surface area contributed by atoms with Crippen molar-refractivity contribution in [3.8, 4) is 6.07 Å². The molecule has 5 rings (SSSR count). The van der Waals surface area contributed by atoms with Gasteiger partial charge in [-0.1, -0.05) is 18.2 Å². The third-order valence-electron chi connectivity index (χ3n) is 4.87. The first-order chi connectivity index (χ1) is 9.36. The van der Waals surface area contributed by atoms with Gasteiger partial charge in [-0.2, -0.15) is 5.26 Å². The lowest BCUT2D eigenvalue weighted by atomic mass is 9.76. The van der Waals surface area contributed by atoms with Gasteiger partial charge < -0.3 is 9.88 Å². The SMILES string of the molecule is N#Cc1c(C2CN3CCC2CC3)[nH]c2ccccc12. The van der Waals surface area contributed by atoms with Gasteiger partial charge in [0, 0.05) is 29.1 Å². The van der Waals surface area contributed by atoms with E-state index in [4.69, 9.17) is 0 Å². The van der Waals surface area contributed by atoms with Gasteiger partial charge in [-0.05, 0) is 37.9 Å². The normalized spacial score (nSPS) is 29.5. The maximum absolute atomic E-state index is 9.52. The topological polar surface area (TPSA) is 42.8 Å². The number of aromatic amines is 1. The molecular formula is C16H17N3. The first kappa shape index (κ1) is 11.1. The molecule has 1 atom stereocenters. The van der Waals surface area contributed by atoms with Crippen LogP contribution in [0.3, 0.4) is 0 Å². The highest BCUT2D eigenvalue weighted by Crippen LogP contribution is 2.41. The lowest BCUT2D eigenvalue weighted by Crippen LogP contribution is -2.46. The molecule has 0 spiro atoms. The fourth-order valence-electron chi connectivity index (χ4n) is 3.85. The molecule has 3 nitrogen and oxygen atoms in total. The van der Waals surface area contributed by atoms with Crippen LogP contribution in [0, 0.1) is 17.2 Å². The van der Waals surface area contributed by atoms with Gasteiger partial charge in [0.25, 0.3) is 0 Å². The second-order valence-electron chi connectivity index (χ2n) is 5.82. The number of hydrogen-bond acceptors (Lipinski definition) is 2. The Balaban J connectivity index is 1.85. The molecule has 3 heteroatoms. The third-order valence-corrected chi connectivity index (χ3v) is 4.87. The summed E-state index contributed by atoms with van der Waals surface area (Å²) < 4.78 is 0. The molecule has 19 heavy (non-hydrogen) atoms. The quantitative estimate of drug-likeness (QED) is 0.847. The molecule has 3 aliphatic rings. The standard InChI is InChI=1S/C16H17N3/c17-9-13-12-3-1-2-4-15(12)18-16(13)14-10-19-7-5-11(14)6-8-19/h1-4,11,14,18H,5-8,10H2. The molecule has 1 aromatic carbocycles. The van der Waals surface area contributed by atoms with Gasteiger partial charge in [-0.3, -0.25) is 0 Å². The molecule has 0 amide bonds. The van der Waals surface area contributed by atoms with Crippen LogP contribution >= 0.6 is 0 Å². The molecule has 96 valence electrons. The molecule has 3 fully saturated rings. The van der Waals surface area contributed by atoms with Gasteiger partial charge in [0.15, 0.2) is 0 Å².